The van der Waals surface area contributed by atoms with Crippen LogP contribution in [0.2, 0.25) is 0 Å². The Bertz CT molecular complexity index is 927. The Kier molecular flexibility index (Phi) is 38.8. The molecule has 0 radical (unpaired) electrons. The fourth-order valence-corrected chi connectivity index (χ4v) is 7.62. The minimum absolute atomic E-state index is 0.0256. The van der Waals surface area contributed by atoms with E-state index in [0.29, 0.717) is 17.4 Å². The van der Waals surface area contributed by atoms with Crippen LogP contribution in [0.4, 0.5) is 0 Å². The van der Waals surface area contributed by atoms with Crippen LogP contribution in [0.1, 0.15) is 232 Å². The number of unbranched alkanes of at least 4 members (excludes halogenated alkanes) is 30. The van der Waals surface area contributed by atoms with Gasteiger partial charge in [-0.15, -0.1) is 0 Å². The smallest absolute Gasteiger partial charge is 0.306 e. The molecule has 0 saturated heterocycles. The summed E-state index contributed by atoms with van der Waals surface area (Å²) in [6, 6.07) is 0. The van der Waals surface area contributed by atoms with Gasteiger partial charge in [0.25, 0.3) is 7.82 Å². The molecule has 0 spiro atoms. The number of likely N-dealkylation sites (N-methyl/N-ethyl adjacent to an activating group) is 1. The van der Waals surface area contributed by atoms with Gasteiger partial charge in [0.2, 0.25) is 0 Å². The second-order valence-electron chi connectivity index (χ2n) is 17.5. The summed E-state index contributed by atoms with van der Waals surface area (Å²) in [4.78, 5) is 37.6. The molecule has 0 aliphatic carbocycles. The minimum atomic E-state index is -4.62. The standard InChI is InChI=1S/C46H92NO8P/c1-6-8-10-12-14-16-18-20-22-23-24-25-27-28-30-32-34-36-38-45(48)52-42-44(43-54-56(50,51)53-41-40-47(3,4)5)55-46(49)39-37-35-33-31-29-26-21-19-17-15-13-11-9-7-2/h44H,6-43H2,1-5H3. The van der Waals surface area contributed by atoms with Gasteiger partial charge < -0.3 is 27.9 Å². The molecule has 10 heteroatoms. The van der Waals surface area contributed by atoms with E-state index in [-0.39, 0.29) is 32.0 Å². The Morgan fingerprint density at radius 3 is 1.14 bits per heavy atom. The van der Waals surface area contributed by atoms with Crippen LogP contribution in [0, 0.1) is 0 Å². The maximum atomic E-state index is 12.7. The molecule has 0 aromatic heterocycles. The van der Waals surface area contributed by atoms with Crippen molar-refractivity contribution in [2.75, 3.05) is 47.5 Å². The Balaban J connectivity index is 4.24. The van der Waals surface area contributed by atoms with Gasteiger partial charge in [0.15, 0.2) is 6.10 Å². The largest absolute Gasteiger partial charge is 0.756 e. The first kappa shape index (κ1) is 55.0. The van der Waals surface area contributed by atoms with E-state index in [0.717, 1.165) is 32.1 Å². The molecule has 2 unspecified atom stereocenters. The molecule has 0 aromatic rings. The van der Waals surface area contributed by atoms with Crippen molar-refractivity contribution >= 4 is 19.8 Å². The van der Waals surface area contributed by atoms with Crippen LogP contribution >= 0.6 is 7.82 Å². The Hall–Kier alpha value is -0.990. The Labute approximate surface area is 346 Å². The van der Waals surface area contributed by atoms with Crippen LogP contribution in [0.3, 0.4) is 0 Å². The fraction of sp³-hybridized carbons (Fsp3) is 0.957. The van der Waals surface area contributed by atoms with Crippen LogP contribution < -0.4 is 4.89 Å². The maximum Gasteiger partial charge on any atom is 0.306 e. The number of quaternary nitrogens is 1. The van der Waals surface area contributed by atoms with Gasteiger partial charge in [-0.05, 0) is 12.8 Å². The molecule has 0 fully saturated rings. The van der Waals surface area contributed by atoms with Crippen LogP contribution in [0.5, 0.6) is 0 Å². The predicted molar refractivity (Wildman–Crippen MR) is 232 cm³/mol. The molecule has 0 aromatic carbocycles. The number of phosphoric ester groups is 1. The van der Waals surface area contributed by atoms with Crippen LogP contribution in [-0.2, 0) is 32.7 Å². The highest BCUT2D eigenvalue weighted by molar-refractivity contribution is 7.45. The van der Waals surface area contributed by atoms with E-state index in [9.17, 15) is 19.0 Å². The highest BCUT2D eigenvalue weighted by atomic mass is 31.2. The van der Waals surface area contributed by atoms with Gasteiger partial charge in [-0.1, -0.05) is 206 Å². The van der Waals surface area contributed by atoms with Gasteiger partial charge in [0, 0.05) is 12.8 Å². The molecule has 9 nitrogen and oxygen atoms in total. The third-order valence-electron chi connectivity index (χ3n) is 10.6. The van der Waals surface area contributed by atoms with Gasteiger partial charge in [-0.3, -0.25) is 14.2 Å². The van der Waals surface area contributed by atoms with E-state index in [4.69, 9.17) is 18.5 Å². The van der Waals surface area contributed by atoms with Crippen molar-refractivity contribution < 1.29 is 42.1 Å². The molecular weight excluding hydrogens is 725 g/mol. The third-order valence-corrected chi connectivity index (χ3v) is 11.6. The molecule has 0 aliphatic rings. The minimum Gasteiger partial charge on any atom is -0.756 e. The summed E-state index contributed by atoms with van der Waals surface area (Å²) < 4.78 is 34.0. The van der Waals surface area contributed by atoms with Gasteiger partial charge in [0.1, 0.15) is 19.8 Å². The topological polar surface area (TPSA) is 111 Å². The molecule has 0 aliphatic heterocycles. The summed E-state index contributed by atoms with van der Waals surface area (Å²) >= 11 is 0. The van der Waals surface area contributed by atoms with E-state index < -0.39 is 26.5 Å². The van der Waals surface area contributed by atoms with E-state index in [1.54, 1.807) is 0 Å². The molecule has 0 saturated carbocycles. The van der Waals surface area contributed by atoms with E-state index in [1.807, 2.05) is 21.1 Å². The number of hydrogen-bond donors (Lipinski definition) is 0. The number of ether oxygens (including phenoxy) is 2. The van der Waals surface area contributed by atoms with Crippen molar-refractivity contribution in [3.8, 4) is 0 Å². The SMILES string of the molecule is CCCCCCCCCCCCCCCCCCCCC(=O)OCC(COP(=O)([O-])OCC[N+](C)(C)C)OC(=O)CCCCCCCCCCCCCCCC. The average molecular weight is 818 g/mol. The lowest BCUT2D eigenvalue weighted by molar-refractivity contribution is -0.870. The van der Waals surface area contributed by atoms with Crippen molar-refractivity contribution in [1.82, 2.24) is 0 Å². The summed E-state index contributed by atoms with van der Waals surface area (Å²) in [6.45, 7) is 4.27. The van der Waals surface area contributed by atoms with Crippen molar-refractivity contribution in [3.05, 3.63) is 0 Å². The van der Waals surface area contributed by atoms with Crippen molar-refractivity contribution in [1.29, 1.82) is 0 Å². The first-order chi connectivity index (χ1) is 27.0. The maximum absolute atomic E-state index is 12.7. The average Bonchev–Trinajstić information content (AvgIpc) is 3.15. The van der Waals surface area contributed by atoms with Crippen LogP contribution in [-0.4, -0.2) is 70.0 Å². The quantitative estimate of drug-likeness (QED) is 0.0259. The number of carbonyl (C=O) groups is 2. The zero-order valence-electron chi connectivity index (χ0n) is 37.6. The molecule has 2 atom stereocenters. The Morgan fingerprint density at radius 1 is 0.482 bits per heavy atom. The third kappa shape index (κ3) is 42.6. The zero-order valence-corrected chi connectivity index (χ0v) is 38.5. The number of nitrogens with zero attached hydrogens (tertiary/aromatic N) is 1. The first-order valence-corrected chi connectivity index (χ1v) is 25.2. The van der Waals surface area contributed by atoms with Gasteiger partial charge in [0.05, 0.1) is 27.7 Å². The number of hydrogen-bond acceptors (Lipinski definition) is 8. The highest BCUT2D eigenvalue weighted by Crippen LogP contribution is 2.38. The van der Waals surface area contributed by atoms with E-state index in [1.165, 1.54) is 167 Å². The lowest BCUT2D eigenvalue weighted by Crippen LogP contribution is -2.37. The second kappa shape index (κ2) is 39.5. The number of rotatable bonds is 44. The van der Waals surface area contributed by atoms with Crippen LogP contribution in [0.25, 0.3) is 0 Å². The summed E-state index contributed by atoms with van der Waals surface area (Å²) in [7, 11) is 1.18. The predicted octanol–water partition coefficient (Wildman–Crippen LogP) is 13.0. The first-order valence-electron chi connectivity index (χ1n) is 23.7. The van der Waals surface area contributed by atoms with Crippen LogP contribution in [0.15, 0.2) is 0 Å². The van der Waals surface area contributed by atoms with E-state index in [2.05, 4.69) is 13.8 Å². The summed E-state index contributed by atoms with van der Waals surface area (Å²) in [5, 5.41) is 0. The summed E-state index contributed by atoms with van der Waals surface area (Å²) in [5.41, 5.74) is 0. The fourth-order valence-electron chi connectivity index (χ4n) is 6.89. The van der Waals surface area contributed by atoms with Gasteiger partial charge in [-0.25, -0.2) is 0 Å². The van der Waals surface area contributed by atoms with Crippen molar-refractivity contribution in [2.24, 2.45) is 0 Å². The molecule has 334 valence electrons. The van der Waals surface area contributed by atoms with E-state index >= 15 is 0 Å². The zero-order chi connectivity index (χ0) is 41.4. The van der Waals surface area contributed by atoms with Crippen molar-refractivity contribution in [3.63, 3.8) is 0 Å². The highest BCUT2D eigenvalue weighted by Gasteiger charge is 2.21. The molecule has 0 heterocycles. The molecular formula is C46H92NO8P. The van der Waals surface area contributed by atoms with Gasteiger partial charge in [-0.2, -0.15) is 0 Å². The number of esters is 2. The monoisotopic (exact) mass is 818 g/mol. The molecule has 0 N–H and O–H groups in total. The number of phosphoric acid groups is 1. The summed E-state index contributed by atoms with van der Waals surface area (Å²) in [5.74, 6) is -0.817. The second-order valence-corrected chi connectivity index (χ2v) is 18.9. The lowest BCUT2D eigenvalue weighted by Gasteiger charge is -2.28. The molecule has 0 amide bonds. The Morgan fingerprint density at radius 2 is 0.804 bits per heavy atom. The molecule has 0 bridgehead atoms. The van der Waals surface area contributed by atoms with Gasteiger partial charge >= 0.3 is 11.9 Å². The normalized spacial score (nSPS) is 13.5. The van der Waals surface area contributed by atoms with Crippen molar-refractivity contribution in [2.45, 2.75) is 238 Å². The lowest BCUT2D eigenvalue weighted by atomic mass is 10.0. The molecule has 56 heavy (non-hydrogen) atoms. The number of carbonyl (C=O) groups excluding carboxylic acids is 2. The summed E-state index contributed by atoms with van der Waals surface area (Å²) in [6.07, 6.45) is 39.8. The molecule has 0 rings (SSSR count).